The SMILES string of the molecule is CCCCCCCCC#CCCCCCCCCC(C)(C)OCCC(C)(C)O. The van der Waals surface area contributed by atoms with Gasteiger partial charge in [0.25, 0.3) is 0 Å². The zero-order valence-electron chi connectivity index (χ0n) is 19.9. The average Bonchev–Trinajstić information content (AvgIpc) is 2.60. The summed E-state index contributed by atoms with van der Waals surface area (Å²) in [5.74, 6) is 6.71. The van der Waals surface area contributed by atoms with E-state index in [9.17, 15) is 5.11 Å². The third-order valence-electron chi connectivity index (χ3n) is 5.32. The van der Waals surface area contributed by atoms with Crippen LogP contribution >= 0.6 is 0 Å². The van der Waals surface area contributed by atoms with Gasteiger partial charge in [0.15, 0.2) is 0 Å². The van der Waals surface area contributed by atoms with E-state index in [-0.39, 0.29) is 5.60 Å². The summed E-state index contributed by atoms with van der Waals surface area (Å²) in [5.41, 5.74) is -0.703. The van der Waals surface area contributed by atoms with Crippen molar-refractivity contribution in [2.24, 2.45) is 0 Å². The van der Waals surface area contributed by atoms with Gasteiger partial charge in [-0.1, -0.05) is 71.1 Å². The fourth-order valence-corrected chi connectivity index (χ4v) is 3.29. The summed E-state index contributed by atoms with van der Waals surface area (Å²) >= 11 is 0. The quantitative estimate of drug-likeness (QED) is 0.190. The number of rotatable bonds is 18. The first kappa shape index (κ1) is 27.5. The Bertz CT molecular complexity index is 395. The van der Waals surface area contributed by atoms with E-state index in [2.05, 4.69) is 32.6 Å². The Morgan fingerprint density at radius 1 is 0.643 bits per heavy atom. The molecule has 0 fully saturated rings. The lowest BCUT2D eigenvalue weighted by molar-refractivity contribution is -0.0510. The Kier molecular flexibility index (Phi) is 17.0. The average molecular weight is 395 g/mol. The van der Waals surface area contributed by atoms with Crippen molar-refractivity contribution in [1.82, 2.24) is 0 Å². The fourth-order valence-electron chi connectivity index (χ4n) is 3.29. The first-order valence-electron chi connectivity index (χ1n) is 12.1. The molecule has 0 aliphatic carbocycles. The number of ether oxygens (including phenoxy) is 1. The molecule has 0 rings (SSSR count). The highest BCUT2D eigenvalue weighted by Gasteiger charge is 2.20. The van der Waals surface area contributed by atoms with Crippen LogP contribution in [-0.2, 0) is 4.74 Å². The molecule has 0 aliphatic heterocycles. The third-order valence-corrected chi connectivity index (χ3v) is 5.32. The van der Waals surface area contributed by atoms with Crippen LogP contribution in [0.25, 0.3) is 0 Å². The Morgan fingerprint density at radius 3 is 1.61 bits per heavy atom. The summed E-state index contributed by atoms with van der Waals surface area (Å²) in [7, 11) is 0. The Morgan fingerprint density at radius 2 is 1.11 bits per heavy atom. The van der Waals surface area contributed by atoms with Gasteiger partial charge in [-0.15, -0.1) is 11.8 Å². The monoisotopic (exact) mass is 394 g/mol. The highest BCUT2D eigenvalue weighted by atomic mass is 16.5. The molecular weight excluding hydrogens is 344 g/mol. The van der Waals surface area contributed by atoms with Gasteiger partial charge in [0.2, 0.25) is 0 Å². The van der Waals surface area contributed by atoms with Crippen LogP contribution in [0.1, 0.15) is 137 Å². The van der Waals surface area contributed by atoms with Crippen LogP contribution in [-0.4, -0.2) is 22.9 Å². The van der Waals surface area contributed by atoms with Crippen LogP contribution in [0.4, 0.5) is 0 Å². The maximum Gasteiger partial charge on any atom is 0.0626 e. The molecule has 0 radical (unpaired) electrons. The van der Waals surface area contributed by atoms with Crippen molar-refractivity contribution in [2.45, 2.75) is 149 Å². The van der Waals surface area contributed by atoms with Crippen LogP contribution < -0.4 is 0 Å². The van der Waals surface area contributed by atoms with Gasteiger partial charge in [0.1, 0.15) is 0 Å². The number of hydrogen-bond acceptors (Lipinski definition) is 2. The fraction of sp³-hybridized carbons (Fsp3) is 0.923. The maximum absolute atomic E-state index is 9.75. The Hall–Kier alpha value is -0.520. The standard InChI is InChI=1S/C26H50O2/c1-6-7-8-9-10-11-12-13-14-15-16-17-18-19-20-21-22-26(4,5)28-24-23-25(2,3)27/h27H,6-12,15-24H2,1-5H3. The van der Waals surface area contributed by atoms with Crippen LogP contribution in [0.5, 0.6) is 0 Å². The molecule has 28 heavy (non-hydrogen) atoms. The third kappa shape index (κ3) is 21.8. The van der Waals surface area contributed by atoms with Crippen LogP contribution in [0.2, 0.25) is 0 Å². The summed E-state index contributed by atoms with van der Waals surface area (Å²) in [6.45, 7) is 10.9. The van der Waals surface area contributed by atoms with E-state index in [1.54, 1.807) is 0 Å². The lowest BCUT2D eigenvalue weighted by Crippen LogP contribution is -2.28. The van der Waals surface area contributed by atoms with E-state index >= 15 is 0 Å². The zero-order chi connectivity index (χ0) is 21.1. The molecule has 0 aromatic heterocycles. The van der Waals surface area contributed by atoms with E-state index in [0.29, 0.717) is 13.0 Å². The van der Waals surface area contributed by atoms with Crippen molar-refractivity contribution in [3.63, 3.8) is 0 Å². The molecule has 0 saturated carbocycles. The van der Waals surface area contributed by atoms with Gasteiger partial charge in [-0.3, -0.25) is 0 Å². The summed E-state index contributed by atoms with van der Waals surface area (Å²) in [6.07, 6.45) is 19.9. The molecule has 0 amide bonds. The second-order valence-corrected chi connectivity index (χ2v) is 9.66. The van der Waals surface area contributed by atoms with Crippen molar-refractivity contribution in [1.29, 1.82) is 0 Å². The lowest BCUT2D eigenvalue weighted by atomic mass is 9.98. The van der Waals surface area contributed by atoms with Crippen molar-refractivity contribution in [3.8, 4) is 11.8 Å². The topological polar surface area (TPSA) is 29.5 Å². The van der Waals surface area contributed by atoms with Crippen molar-refractivity contribution >= 4 is 0 Å². The second-order valence-electron chi connectivity index (χ2n) is 9.66. The predicted molar refractivity (Wildman–Crippen MR) is 124 cm³/mol. The second kappa shape index (κ2) is 17.3. The van der Waals surface area contributed by atoms with Crippen molar-refractivity contribution in [2.75, 3.05) is 6.61 Å². The highest BCUT2D eigenvalue weighted by molar-refractivity contribution is 4.98. The predicted octanol–water partition coefficient (Wildman–Crippen LogP) is 7.82. The van der Waals surface area contributed by atoms with Gasteiger partial charge in [-0.2, -0.15) is 0 Å². The molecule has 0 spiro atoms. The highest BCUT2D eigenvalue weighted by Crippen LogP contribution is 2.21. The lowest BCUT2D eigenvalue weighted by Gasteiger charge is -2.27. The number of unbranched alkanes of at least 4 members (excludes halogenated alkanes) is 12. The molecule has 0 heterocycles. The zero-order valence-corrected chi connectivity index (χ0v) is 19.9. The largest absolute Gasteiger partial charge is 0.390 e. The van der Waals surface area contributed by atoms with Crippen LogP contribution in [0.15, 0.2) is 0 Å². The molecule has 0 atom stereocenters. The number of aliphatic hydroxyl groups is 1. The summed E-state index contributed by atoms with van der Waals surface area (Å²) < 4.78 is 5.95. The van der Waals surface area contributed by atoms with E-state index in [1.165, 1.54) is 77.0 Å². The first-order valence-corrected chi connectivity index (χ1v) is 12.1. The summed E-state index contributed by atoms with van der Waals surface area (Å²) in [6, 6.07) is 0. The van der Waals surface area contributed by atoms with Gasteiger partial charge in [-0.25, -0.2) is 0 Å². The van der Waals surface area contributed by atoms with E-state index in [4.69, 9.17) is 4.74 Å². The molecule has 2 nitrogen and oxygen atoms in total. The Labute approximate surface area is 177 Å². The molecular formula is C26H50O2. The Balaban J connectivity index is 3.40. The first-order chi connectivity index (χ1) is 13.3. The summed E-state index contributed by atoms with van der Waals surface area (Å²) in [4.78, 5) is 0. The minimum atomic E-state index is -0.630. The van der Waals surface area contributed by atoms with Crippen LogP contribution in [0, 0.1) is 11.8 Å². The van der Waals surface area contributed by atoms with Gasteiger partial charge in [-0.05, 0) is 53.4 Å². The smallest absolute Gasteiger partial charge is 0.0626 e. The molecule has 1 N–H and O–H groups in total. The normalized spacial score (nSPS) is 12.1. The van der Waals surface area contributed by atoms with E-state index < -0.39 is 5.60 Å². The molecule has 0 aromatic rings. The molecule has 166 valence electrons. The van der Waals surface area contributed by atoms with Gasteiger partial charge >= 0.3 is 0 Å². The van der Waals surface area contributed by atoms with E-state index in [1.807, 2.05) is 13.8 Å². The van der Waals surface area contributed by atoms with Gasteiger partial charge < -0.3 is 9.84 Å². The van der Waals surface area contributed by atoms with Crippen molar-refractivity contribution < 1.29 is 9.84 Å². The molecule has 0 aromatic carbocycles. The molecule has 0 aliphatic rings. The van der Waals surface area contributed by atoms with Crippen LogP contribution in [0.3, 0.4) is 0 Å². The molecule has 0 saturated heterocycles. The minimum Gasteiger partial charge on any atom is -0.390 e. The van der Waals surface area contributed by atoms with Gasteiger partial charge in [0.05, 0.1) is 17.8 Å². The molecule has 0 bridgehead atoms. The number of hydrogen-bond donors (Lipinski definition) is 1. The van der Waals surface area contributed by atoms with Crippen molar-refractivity contribution in [3.05, 3.63) is 0 Å². The molecule has 0 unspecified atom stereocenters. The minimum absolute atomic E-state index is 0.0726. The summed E-state index contributed by atoms with van der Waals surface area (Å²) in [5, 5.41) is 9.75. The maximum atomic E-state index is 9.75. The molecule has 2 heteroatoms. The van der Waals surface area contributed by atoms with E-state index in [0.717, 1.165) is 19.3 Å². The van der Waals surface area contributed by atoms with Gasteiger partial charge in [0, 0.05) is 12.8 Å².